The molecule has 9 heteroatoms. The number of hydrogen-bond donors (Lipinski definition) is 0. The van der Waals surface area contributed by atoms with Gasteiger partial charge in [-0.25, -0.2) is 4.99 Å². The summed E-state index contributed by atoms with van der Waals surface area (Å²) in [5, 5.41) is 1.06. The van der Waals surface area contributed by atoms with Crippen molar-refractivity contribution in [1.82, 2.24) is 13.7 Å². The Labute approximate surface area is 270 Å². The molecule has 45 heavy (non-hydrogen) atoms. The van der Waals surface area contributed by atoms with E-state index in [1.807, 2.05) is 0 Å². The molecule has 3 aromatic heterocycles. The van der Waals surface area contributed by atoms with E-state index in [2.05, 4.69) is 88.2 Å². The summed E-state index contributed by atoms with van der Waals surface area (Å²) in [6.07, 6.45) is 8.24. The number of benzene rings is 2. The van der Waals surface area contributed by atoms with Gasteiger partial charge in [-0.15, -0.1) is 11.3 Å². The van der Waals surface area contributed by atoms with E-state index in [0.717, 1.165) is 51.5 Å². The first-order chi connectivity index (χ1) is 21.9. The van der Waals surface area contributed by atoms with Crippen LogP contribution in [-0.4, -0.2) is 31.0 Å². The fourth-order valence-corrected chi connectivity index (χ4v) is 9.20. The van der Waals surface area contributed by atoms with Crippen LogP contribution in [0.25, 0.3) is 21.6 Å². The fourth-order valence-electron chi connectivity index (χ4n) is 7.59. The van der Waals surface area contributed by atoms with Gasteiger partial charge in [-0.2, -0.15) is 8.75 Å². The first kappa shape index (κ1) is 28.4. The number of aliphatic imine (C=N–C) groups is 1. The molecule has 0 bridgehead atoms. The van der Waals surface area contributed by atoms with Crippen molar-refractivity contribution >= 4 is 73.4 Å². The maximum absolute atomic E-state index is 13.2. The average molecular weight is 632 g/mol. The molecule has 2 aromatic carbocycles. The minimum atomic E-state index is -0.417. The summed E-state index contributed by atoms with van der Waals surface area (Å²) in [4.78, 5) is 39.2. The number of aromatic nitrogens is 3. The molecule has 0 N–H and O–H groups in total. The Morgan fingerprint density at radius 1 is 0.778 bits per heavy atom. The Bertz CT molecular complexity index is 1910. The molecule has 3 saturated carbocycles. The molecule has 3 heterocycles. The van der Waals surface area contributed by atoms with Crippen molar-refractivity contribution in [3.05, 3.63) is 78.0 Å². The van der Waals surface area contributed by atoms with Gasteiger partial charge in [-0.1, -0.05) is 61.1 Å². The minimum absolute atomic E-state index is 0.0972. The monoisotopic (exact) mass is 631 g/mol. The Hall–Kier alpha value is -4.08. The number of carbonyl (C=O) groups is 2. The second-order valence-corrected chi connectivity index (χ2v) is 14.4. The minimum Gasteiger partial charge on any atom is -0.302 e. The van der Waals surface area contributed by atoms with Crippen LogP contribution in [0.2, 0.25) is 0 Å². The Morgan fingerprint density at radius 3 is 2.07 bits per heavy atom. The summed E-state index contributed by atoms with van der Waals surface area (Å²) >= 11 is 2.76. The molecule has 0 amide bonds. The van der Waals surface area contributed by atoms with Crippen molar-refractivity contribution in [3.63, 3.8) is 0 Å². The summed E-state index contributed by atoms with van der Waals surface area (Å²) in [5.74, 6) is 0.159. The molecular weight excluding hydrogens is 599 g/mol. The zero-order chi connectivity index (χ0) is 30.7. The number of carbonyl (C=O) groups excluding carboxylic acids is 2. The number of nitrogens with zero attached hydrogens (tertiary/aromatic N) is 5. The molecule has 3 aliphatic carbocycles. The highest BCUT2D eigenvalue weighted by Gasteiger charge is 2.52. The van der Waals surface area contributed by atoms with Crippen molar-refractivity contribution < 1.29 is 9.59 Å². The van der Waals surface area contributed by atoms with E-state index in [9.17, 15) is 9.59 Å². The van der Waals surface area contributed by atoms with Gasteiger partial charge in [0.15, 0.2) is 0 Å². The van der Waals surface area contributed by atoms with Gasteiger partial charge in [0.05, 0.1) is 28.5 Å². The summed E-state index contributed by atoms with van der Waals surface area (Å²) in [6.45, 7) is 4.19. The topological polar surface area (TPSA) is 88.4 Å². The van der Waals surface area contributed by atoms with Crippen LogP contribution in [0.15, 0.2) is 71.9 Å². The zero-order valence-corrected chi connectivity index (χ0v) is 26.9. The van der Waals surface area contributed by atoms with E-state index in [4.69, 9.17) is 9.98 Å². The quantitative estimate of drug-likeness (QED) is 0.180. The van der Waals surface area contributed by atoms with Crippen LogP contribution in [0.4, 0.5) is 22.1 Å². The van der Waals surface area contributed by atoms with Crippen LogP contribution in [0.1, 0.15) is 49.7 Å². The van der Waals surface area contributed by atoms with Crippen LogP contribution in [0, 0.1) is 37.5 Å². The number of aryl methyl sites for hydroxylation is 2. The maximum Gasteiger partial charge on any atom is 0.243 e. The van der Waals surface area contributed by atoms with Gasteiger partial charge in [-0.3, -0.25) is 14.6 Å². The van der Waals surface area contributed by atoms with Gasteiger partial charge in [0, 0.05) is 23.2 Å². The van der Waals surface area contributed by atoms with Crippen molar-refractivity contribution in [1.29, 1.82) is 0 Å². The number of rotatable bonds is 5. The number of ketones is 2. The highest BCUT2D eigenvalue weighted by atomic mass is 32.1. The molecule has 4 unspecified atom stereocenters. The molecule has 0 radical (unpaired) electrons. The zero-order valence-electron chi connectivity index (χ0n) is 25.3. The lowest BCUT2D eigenvalue weighted by molar-refractivity contribution is -0.135. The number of thiophene rings is 1. The number of hydrogen-bond acceptors (Lipinski definition) is 9. The van der Waals surface area contributed by atoms with Crippen LogP contribution >= 0.6 is 23.1 Å². The second kappa shape index (κ2) is 11.4. The van der Waals surface area contributed by atoms with Gasteiger partial charge >= 0.3 is 0 Å². The SMILES string of the molecule is Cc1ccc(N(c2ccc(C)cc2)c2ccc(-c3ncc(N=C4C(=O)C(=O)C5CC6CCCCC6CC45)c4nsnc34)s2)cc1. The molecular formula is C36H33N5O2S2. The summed E-state index contributed by atoms with van der Waals surface area (Å²) in [6, 6.07) is 21.3. The van der Waals surface area contributed by atoms with Crippen LogP contribution in [0.3, 0.4) is 0 Å². The van der Waals surface area contributed by atoms with E-state index < -0.39 is 5.78 Å². The molecule has 226 valence electrons. The smallest absolute Gasteiger partial charge is 0.243 e. The van der Waals surface area contributed by atoms with E-state index in [-0.39, 0.29) is 17.6 Å². The van der Waals surface area contributed by atoms with E-state index in [0.29, 0.717) is 34.3 Å². The molecule has 8 rings (SSSR count). The predicted molar refractivity (Wildman–Crippen MR) is 181 cm³/mol. The third kappa shape index (κ3) is 5.02. The lowest BCUT2D eigenvalue weighted by Gasteiger charge is -2.40. The molecule has 0 aliphatic heterocycles. The average Bonchev–Trinajstić information content (AvgIpc) is 3.79. The third-order valence-electron chi connectivity index (χ3n) is 9.95. The predicted octanol–water partition coefficient (Wildman–Crippen LogP) is 8.96. The van der Waals surface area contributed by atoms with Crippen molar-refractivity contribution in [3.8, 4) is 10.6 Å². The highest BCUT2D eigenvalue weighted by molar-refractivity contribution is 7.19. The largest absolute Gasteiger partial charge is 0.302 e. The van der Waals surface area contributed by atoms with E-state index >= 15 is 0 Å². The molecule has 0 saturated heterocycles. The van der Waals surface area contributed by atoms with Gasteiger partial charge in [0.2, 0.25) is 11.6 Å². The number of fused-ring (bicyclic) bond motifs is 3. The summed E-state index contributed by atoms with van der Waals surface area (Å²) < 4.78 is 9.23. The maximum atomic E-state index is 13.2. The van der Waals surface area contributed by atoms with Gasteiger partial charge in [0.1, 0.15) is 27.4 Å². The van der Waals surface area contributed by atoms with Crippen molar-refractivity contribution in [2.75, 3.05) is 4.90 Å². The standard InChI is InChI=1S/C36H33N5O2S2/c1-20-7-11-24(12-8-20)41(25-13-9-21(2)10-14-25)30-16-15-29(44-30)33-34-32(39-45-40-34)28(19-37-33)38-31-26-17-22-5-3-4-6-23(22)18-27(26)35(42)36(31)43/h7-16,19,22-23,26-27H,3-6,17-18H2,1-2H3. The second-order valence-electron chi connectivity index (χ2n) is 12.8. The lowest BCUT2D eigenvalue weighted by atomic mass is 9.64. The van der Waals surface area contributed by atoms with Crippen molar-refractivity contribution in [2.45, 2.75) is 52.4 Å². The number of anilines is 3. The number of pyridine rings is 1. The van der Waals surface area contributed by atoms with Crippen LogP contribution in [0.5, 0.6) is 0 Å². The molecule has 3 fully saturated rings. The Balaban J connectivity index is 1.15. The third-order valence-corrected chi connectivity index (χ3v) is 11.6. The fraction of sp³-hybridized carbons (Fsp3) is 0.333. The van der Waals surface area contributed by atoms with Gasteiger partial charge in [0.25, 0.3) is 0 Å². The Morgan fingerprint density at radius 2 is 1.40 bits per heavy atom. The first-order valence-electron chi connectivity index (χ1n) is 15.8. The van der Waals surface area contributed by atoms with Crippen LogP contribution < -0.4 is 4.90 Å². The molecule has 5 aromatic rings. The molecule has 3 aliphatic rings. The summed E-state index contributed by atoms with van der Waals surface area (Å²) in [5.41, 5.74) is 7.52. The van der Waals surface area contributed by atoms with Crippen LogP contribution in [-0.2, 0) is 9.59 Å². The number of Topliss-reactive ketones (excluding diaryl/α,β-unsaturated/α-hetero) is 2. The normalized spacial score (nSPS) is 23.8. The molecule has 0 spiro atoms. The van der Waals surface area contributed by atoms with Crippen molar-refractivity contribution in [2.24, 2.45) is 28.7 Å². The van der Waals surface area contributed by atoms with E-state index in [1.54, 1.807) is 17.5 Å². The van der Waals surface area contributed by atoms with Gasteiger partial charge < -0.3 is 4.90 Å². The van der Waals surface area contributed by atoms with E-state index in [1.165, 1.54) is 36.8 Å². The first-order valence-corrected chi connectivity index (χ1v) is 17.3. The lowest BCUT2D eigenvalue weighted by Crippen LogP contribution is -2.35. The van der Waals surface area contributed by atoms with Gasteiger partial charge in [-0.05, 0) is 74.9 Å². The summed E-state index contributed by atoms with van der Waals surface area (Å²) in [7, 11) is 0. The molecule has 4 atom stereocenters. The molecule has 7 nitrogen and oxygen atoms in total. The Kier molecular flexibility index (Phi) is 7.18. The highest BCUT2D eigenvalue weighted by Crippen LogP contribution is 2.49.